The molecule has 1 aliphatic heterocycles. The van der Waals surface area contributed by atoms with E-state index in [2.05, 4.69) is 20.3 Å². The summed E-state index contributed by atoms with van der Waals surface area (Å²) in [5.74, 6) is 0.0900. The average molecular weight is 451 g/mol. The highest BCUT2D eigenvalue weighted by molar-refractivity contribution is 7.89. The number of carbonyl (C=O) groups excluding carboxylic acids is 1. The summed E-state index contributed by atoms with van der Waals surface area (Å²) in [6, 6.07) is 8.50. The number of nitrogen functional groups attached to an aromatic ring is 1. The lowest BCUT2D eigenvalue weighted by Gasteiger charge is -2.17. The van der Waals surface area contributed by atoms with E-state index in [-0.39, 0.29) is 22.7 Å². The average Bonchev–Trinajstić information content (AvgIpc) is 3.64. The molecule has 2 aromatic heterocycles. The van der Waals surface area contributed by atoms with Crippen LogP contribution in [0.5, 0.6) is 0 Å². The number of hydrogen-bond donors (Lipinski definition) is 2. The second-order valence-corrected chi connectivity index (χ2v) is 10.00. The van der Waals surface area contributed by atoms with E-state index in [0.717, 1.165) is 18.4 Å². The van der Waals surface area contributed by atoms with E-state index in [0.29, 0.717) is 41.2 Å². The highest BCUT2D eigenvalue weighted by atomic mass is 32.2. The van der Waals surface area contributed by atoms with E-state index in [1.54, 1.807) is 37.5 Å². The lowest BCUT2D eigenvalue weighted by Crippen LogP contribution is -2.31. The molecule has 1 saturated carbocycles. The van der Waals surface area contributed by atoms with Crippen molar-refractivity contribution in [3.8, 4) is 22.6 Å². The van der Waals surface area contributed by atoms with Gasteiger partial charge in [-0.1, -0.05) is 12.1 Å². The standard InChI is InChI=1S/C22H22N6O3S/c1-28(15-4-5-15)32(30,31)16-6-2-13(3-7-16)19-12-26-21(23)20(27-19)18-10-14-8-9-24-22(29)17(14)11-25-18/h2-3,6-7,10-12,15H,4-5,8-9H2,1H3,(H2,23,26)(H,24,29). The largest absolute Gasteiger partial charge is 0.382 e. The molecule has 1 aliphatic carbocycles. The quantitative estimate of drug-likeness (QED) is 0.606. The Labute approximate surface area is 185 Å². The number of pyridine rings is 1. The van der Waals surface area contributed by atoms with Gasteiger partial charge in [-0.15, -0.1) is 0 Å². The van der Waals surface area contributed by atoms with Crippen molar-refractivity contribution in [1.29, 1.82) is 0 Å². The SMILES string of the molecule is CN(C1CC1)S(=O)(=O)c1ccc(-c2cnc(N)c(-c3cc4c(cn3)C(=O)NCC4)n2)cc1. The van der Waals surface area contributed by atoms with E-state index in [1.165, 1.54) is 10.5 Å². The monoisotopic (exact) mass is 450 g/mol. The zero-order chi connectivity index (χ0) is 22.5. The number of nitrogens with zero attached hydrogens (tertiary/aromatic N) is 4. The normalized spacial score (nSPS) is 16.0. The number of fused-ring (bicyclic) bond motifs is 1. The van der Waals surface area contributed by atoms with Crippen molar-refractivity contribution in [1.82, 2.24) is 24.6 Å². The van der Waals surface area contributed by atoms with Crippen LogP contribution >= 0.6 is 0 Å². The van der Waals surface area contributed by atoms with Crippen LogP contribution < -0.4 is 11.1 Å². The first-order chi connectivity index (χ1) is 15.3. The number of sulfonamides is 1. The number of amides is 1. The summed E-state index contributed by atoms with van der Waals surface area (Å²) < 4.78 is 26.9. The van der Waals surface area contributed by atoms with Crippen LogP contribution in [0.4, 0.5) is 5.82 Å². The van der Waals surface area contributed by atoms with Crippen molar-refractivity contribution < 1.29 is 13.2 Å². The molecule has 0 unspecified atom stereocenters. The Morgan fingerprint density at radius 2 is 1.84 bits per heavy atom. The highest BCUT2D eigenvalue weighted by Gasteiger charge is 2.35. The van der Waals surface area contributed by atoms with Crippen molar-refractivity contribution >= 4 is 21.7 Å². The van der Waals surface area contributed by atoms with Crippen molar-refractivity contribution in [3.05, 3.63) is 53.9 Å². The third kappa shape index (κ3) is 3.61. The number of carbonyl (C=O) groups is 1. The van der Waals surface area contributed by atoms with E-state index in [1.807, 2.05) is 6.07 Å². The Morgan fingerprint density at radius 3 is 2.56 bits per heavy atom. The van der Waals surface area contributed by atoms with Gasteiger partial charge in [-0.05, 0) is 43.0 Å². The lowest BCUT2D eigenvalue weighted by molar-refractivity contribution is 0.0945. The molecule has 164 valence electrons. The molecule has 1 amide bonds. The molecule has 32 heavy (non-hydrogen) atoms. The number of nitrogens with two attached hydrogens (primary N) is 1. The van der Waals surface area contributed by atoms with Crippen LogP contribution in [0.3, 0.4) is 0 Å². The Balaban J connectivity index is 1.47. The minimum absolute atomic E-state index is 0.0976. The molecule has 9 nitrogen and oxygen atoms in total. The minimum Gasteiger partial charge on any atom is -0.382 e. The number of hydrogen-bond acceptors (Lipinski definition) is 7. The van der Waals surface area contributed by atoms with Crippen LogP contribution in [0.15, 0.2) is 47.6 Å². The molecule has 0 atom stereocenters. The molecule has 5 rings (SSSR count). The zero-order valence-electron chi connectivity index (χ0n) is 17.4. The maximum absolute atomic E-state index is 12.7. The van der Waals surface area contributed by atoms with Gasteiger partial charge in [0, 0.05) is 31.4 Å². The van der Waals surface area contributed by atoms with Gasteiger partial charge in [0.1, 0.15) is 5.69 Å². The summed E-state index contributed by atoms with van der Waals surface area (Å²) >= 11 is 0. The van der Waals surface area contributed by atoms with Crippen LogP contribution in [0.25, 0.3) is 22.6 Å². The van der Waals surface area contributed by atoms with Crippen LogP contribution in [0, 0.1) is 0 Å². The van der Waals surface area contributed by atoms with Crippen LogP contribution in [0.1, 0.15) is 28.8 Å². The first-order valence-electron chi connectivity index (χ1n) is 10.3. The minimum atomic E-state index is -3.51. The lowest BCUT2D eigenvalue weighted by atomic mass is 10.0. The smallest absolute Gasteiger partial charge is 0.253 e. The zero-order valence-corrected chi connectivity index (χ0v) is 18.3. The molecule has 1 aromatic carbocycles. The molecule has 0 radical (unpaired) electrons. The van der Waals surface area contributed by atoms with Crippen molar-refractivity contribution in [3.63, 3.8) is 0 Å². The predicted molar refractivity (Wildman–Crippen MR) is 119 cm³/mol. The third-order valence-electron chi connectivity index (χ3n) is 5.85. The first-order valence-corrected chi connectivity index (χ1v) is 11.8. The van der Waals surface area contributed by atoms with Crippen molar-refractivity contribution in [2.75, 3.05) is 19.3 Å². The van der Waals surface area contributed by atoms with Crippen LogP contribution in [-0.2, 0) is 16.4 Å². The summed E-state index contributed by atoms with van der Waals surface area (Å²) in [6.07, 6.45) is 5.58. The van der Waals surface area contributed by atoms with Gasteiger partial charge in [-0.3, -0.25) is 9.78 Å². The third-order valence-corrected chi connectivity index (χ3v) is 7.77. The summed E-state index contributed by atoms with van der Waals surface area (Å²) in [7, 11) is -1.89. The summed E-state index contributed by atoms with van der Waals surface area (Å²) in [6.45, 7) is 0.571. The molecule has 0 saturated heterocycles. The second-order valence-electron chi connectivity index (χ2n) is 8.00. The van der Waals surface area contributed by atoms with Gasteiger partial charge in [0.2, 0.25) is 10.0 Å². The Kier molecular flexibility index (Phi) is 4.90. The summed E-state index contributed by atoms with van der Waals surface area (Å²) in [5, 5.41) is 2.79. The maximum atomic E-state index is 12.7. The number of aromatic nitrogens is 3. The van der Waals surface area contributed by atoms with Crippen LogP contribution in [-0.4, -0.2) is 53.2 Å². The predicted octanol–water partition coefficient (Wildman–Crippen LogP) is 1.86. The highest BCUT2D eigenvalue weighted by Crippen LogP contribution is 2.31. The molecule has 1 fully saturated rings. The number of rotatable bonds is 5. The fourth-order valence-electron chi connectivity index (χ4n) is 3.77. The van der Waals surface area contributed by atoms with E-state index in [4.69, 9.17) is 5.73 Å². The van der Waals surface area contributed by atoms with Crippen molar-refractivity contribution in [2.24, 2.45) is 0 Å². The summed E-state index contributed by atoms with van der Waals surface area (Å²) in [4.78, 5) is 25.5. The molecular formula is C22H22N6O3S. The maximum Gasteiger partial charge on any atom is 0.253 e. The fraction of sp³-hybridized carbons (Fsp3) is 0.273. The van der Waals surface area contributed by atoms with Gasteiger partial charge in [0.25, 0.3) is 5.91 Å². The molecule has 10 heteroatoms. The number of nitrogens with one attached hydrogen (secondary N) is 1. The first kappa shape index (κ1) is 20.5. The van der Waals surface area contributed by atoms with E-state index >= 15 is 0 Å². The Hall–Kier alpha value is -3.37. The molecule has 2 aliphatic rings. The Bertz CT molecular complexity index is 1320. The second kappa shape index (κ2) is 7.64. The van der Waals surface area contributed by atoms with Gasteiger partial charge in [-0.25, -0.2) is 18.4 Å². The molecule has 3 heterocycles. The molecule has 3 N–H and O–H groups in total. The number of benzene rings is 1. The van der Waals surface area contributed by atoms with Gasteiger partial charge in [-0.2, -0.15) is 4.31 Å². The van der Waals surface area contributed by atoms with Gasteiger partial charge in [0.15, 0.2) is 5.82 Å². The fourth-order valence-corrected chi connectivity index (χ4v) is 5.18. The van der Waals surface area contributed by atoms with Crippen LogP contribution in [0.2, 0.25) is 0 Å². The molecule has 0 spiro atoms. The van der Waals surface area contributed by atoms with Gasteiger partial charge in [0.05, 0.1) is 28.0 Å². The molecule has 0 bridgehead atoms. The topological polar surface area (TPSA) is 131 Å². The van der Waals surface area contributed by atoms with Crippen molar-refractivity contribution in [2.45, 2.75) is 30.2 Å². The Morgan fingerprint density at radius 1 is 1.09 bits per heavy atom. The molecular weight excluding hydrogens is 428 g/mol. The van der Waals surface area contributed by atoms with E-state index < -0.39 is 10.0 Å². The van der Waals surface area contributed by atoms with E-state index in [9.17, 15) is 13.2 Å². The number of anilines is 1. The molecule has 3 aromatic rings. The van der Waals surface area contributed by atoms with Gasteiger partial charge < -0.3 is 11.1 Å². The summed E-state index contributed by atoms with van der Waals surface area (Å²) in [5.41, 5.74) is 9.73. The van der Waals surface area contributed by atoms with Gasteiger partial charge >= 0.3 is 0 Å².